The number of nitrogens with zero attached hydrogens (tertiary/aromatic N) is 1. The molecule has 0 spiro atoms. The Morgan fingerprint density at radius 2 is 1.61 bits per heavy atom. The Morgan fingerprint density at radius 3 is 2.35 bits per heavy atom. The van der Waals surface area contributed by atoms with Crippen molar-refractivity contribution in [1.82, 2.24) is 4.98 Å². The van der Waals surface area contributed by atoms with Gasteiger partial charge in [-0.1, -0.05) is 47.2 Å². The fraction of sp³-hybridized carbons (Fsp3) is 0.125. The van der Waals surface area contributed by atoms with Crippen LogP contribution in [0.5, 0.6) is 0 Å². The first-order chi connectivity index (χ1) is 14.9. The zero-order valence-electron chi connectivity index (χ0n) is 17.4. The van der Waals surface area contributed by atoms with Gasteiger partial charge in [0, 0.05) is 16.9 Å². The summed E-state index contributed by atoms with van der Waals surface area (Å²) in [6, 6.07) is 18.3. The third kappa shape index (κ3) is 4.73. The predicted molar refractivity (Wildman–Crippen MR) is 127 cm³/mol. The van der Waals surface area contributed by atoms with Gasteiger partial charge in [-0.25, -0.2) is 9.78 Å². The molecule has 0 radical (unpaired) electrons. The topological polar surface area (TPSA) is 83.1 Å². The zero-order valence-corrected chi connectivity index (χ0v) is 18.3. The number of urea groups is 1. The van der Waals surface area contributed by atoms with Gasteiger partial charge >= 0.3 is 6.03 Å². The van der Waals surface area contributed by atoms with Crippen LogP contribution in [0.2, 0.25) is 0 Å². The minimum Gasteiger partial charge on any atom is -0.308 e. The molecule has 6 nitrogen and oxygen atoms in total. The molecular formula is C24H22N4O2S. The number of fused-ring (bicyclic) bond motifs is 1. The monoisotopic (exact) mass is 430 g/mol. The lowest BCUT2D eigenvalue weighted by Crippen LogP contribution is -2.20. The molecule has 3 N–H and O–H groups in total. The van der Waals surface area contributed by atoms with Crippen molar-refractivity contribution in [3.8, 4) is 0 Å². The molecule has 1 aromatic heterocycles. The van der Waals surface area contributed by atoms with E-state index in [1.54, 1.807) is 12.1 Å². The zero-order chi connectivity index (χ0) is 22.0. The molecule has 1 heterocycles. The van der Waals surface area contributed by atoms with Gasteiger partial charge in [-0.05, 0) is 62.2 Å². The van der Waals surface area contributed by atoms with Gasteiger partial charge in [-0.2, -0.15) is 0 Å². The van der Waals surface area contributed by atoms with Crippen LogP contribution in [0.1, 0.15) is 27.0 Å². The molecule has 4 aromatic rings. The van der Waals surface area contributed by atoms with E-state index < -0.39 is 0 Å². The lowest BCUT2D eigenvalue weighted by atomic mass is 10.1. The van der Waals surface area contributed by atoms with Crippen LogP contribution in [0.3, 0.4) is 0 Å². The third-order valence-electron chi connectivity index (χ3n) is 4.83. The van der Waals surface area contributed by atoms with Crippen LogP contribution in [0.15, 0.2) is 60.7 Å². The number of carbonyl (C=O) groups is 2. The summed E-state index contributed by atoms with van der Waals surface area (Å²) in [5.74, 6) is -0.205. The first-order valence-electron chi connectivity index (χ1n) is 9.82. The summed E-state index contributed by atoms with van der Waals surface area (Å²) in [4.78, 5) is 29.4. The summed E-state index contributed by atoms with van der Waals surface area (Å²) in [6.45, 7) is 5.90. The number of anilines is 3. The number of amides is 3. The second-order valence-corrected chi connectivity index (χ2v) is 8.41. The van der Waals surface area contributed by atoms with Gasteiger partial charge in [-0.15, -0.1) is 0 Å². The highest BCUT2D eigenvalue weighted by Gasteiger charge is 2.13. The molecule has 4 rings (SSSR count). The van der Waals surface area contributed by atoms with Crippen LogP contribution in [0.4, 0.5) is 21.3 Å². The van der Waals surface area contributed by atoms with Crippen molar-refractivity contribution < 1.29 is 9.59 Å². The van der Waals surface area contributed by atoms with Crippen molar-refractivity contribution in [2.75, 3.05) is 16.0 Å². The highest BCUT2D eigenvalue weighted by molar-refractivity contribution is 7.22. The van der Waals surface area contributed by atoms with Gasteiger partial charge in [0.1, 0.15) is 0 Å². The fourth-order valence-corrected chi connectivity index (χ4v) is 4.30. The molecule has 0 aliphatic carbocycles. The van der Waals surface area contributed by atoms with E-state index in [1.807, 2.05) is 69.3 Å². The molecule has 3 aromatic carbocycles. The molecule has 0 saturated carbocycles. The van der Waals surface area contributed by atoms with Gasteiger partial charge in [-0.3, -0.25) is 10.1 Å². The smallest absolute Gasteiger partial charge is 0.308 e. The van der Waals surface area contributed by atoms with Gasteiger partial charge < -0.3 is 10.6 Å². The number of nitrogens with one attached hydrogen (secondary N) is 3. The molecule has 0 atom stereocenters. The summed E-state index contributed by atoms with van der Waals surface area (Å²) < 4.78 is 0.880. The maximum Gasteiger partial charge on any atom is 0.323 e. The summed E-state index contributed by atoms with van der Waals surface area (Å²) in [5, 5.41) is 9.13. The summed E-state index contributed by atoms with van der Waals surface area (Å²) in [6.07, 6.45) is 0. The van der Waals surface area contributed by atoms with E-state index in [-0.39, 0.29) is 11.9 Å². The van der Waals surface area contributed by atoms with Crippen LogP contribution in [0.25, 0.3) is 10.2 Å². The Balaban J connectivity index is 1.50. The lowest BCUT2D eigenvalue weighted by molar-refractivity contribution is 0.102. The standard InChI is InChI=1S/C24H22N4O2S/c1-14-9-10-19(15(2)11-14)26-23(30)25-18-12-16(3)21-20(13-18)31-24(27-21)28-22(29)17-7-5-4-6-8-17/h4-13H,1-3H3,(H2,25,26,30)(H,27,28,29). The van der Waals surface area contributed by atoms with Crippen molar-refractivity contribution in [3.63, 3.8) is 0 Å². The molecule has 0 fully saturated rings. The molecule has 0 aliphatic rings. The SMILES string of the molecule is Cc1ccc(NC(=O)Nc2cc(C)c3nc(NC(=O)c4ccccc4)sc3c2)c(C)c1. The number of hydrogen-bond donors (Lipinski definition) is 3. The van der Waals surface area contributed by atoms with Crippen molar-refractivity contribution in [2.24, 2.45) is 0 Å². The molecule has 3 amide bonds. The van der Waals surface area contributed by atoms with Crippen LogP contribution < -0.4 is 16.0 Å². The molecule has 156 valence electrons. The Labute approximate surface area is 184 Å². The van der Waals surface area contributed by atoms with E-state index in [1.165, 1.54) is 11.3 Å². The normalized spacial score (nSPS) is 10.7. The maximum absolute atomic E-state index is 12.5. The van der Waals surface area contributed by atoms with Crippen LogP contribution in [0, 0.1) is 20.8 Å². The van der Waals surface area contributed by atoms with Crippen molar-refractivity contribution in [1.29, 1.82) is 0 Å². The van der Waals surface area contributed by atoms with Crippen LogP contribution in [-0.2, 0) is 0 Å². The van der Waals surface area contributed by atoms with E-state index in [0.717, 1.165) is 32.6 Å². The maximum atomic E-state index is 12.5. The Hall–Kier alpha value is -3.71. The number of benzene rings is 3. The molecule has 0 aliphatic heterocycles. The largest absolute Gasteiger partial charge is 0.323 e. The van der Waals surface area contributed by atoms with Gasteiger partial charge in [0.05, 0.1) is 10.2 Å². The van der Waals surface area contributed by atoms with Gasteiger partial charge in [0.2, 0.25) is 0 Å². The third-order valence-corrected chi connectivity index (χ3v) is 5.75. The van der Waals surface area contributed by atoms with Crippen LogP contribution >= 0.6 is 11.3 Å². The summed E-state index contributed by atoms with van der Waals surface area (Å²) >= 11 is 1.37. The minimum atomic E-state index is -0.312. The quantitative estimate of drug-likeness (QED) is 0.365. The first-order valence-corrected chi connectivity index (χ1v) is 10.6. The minimum absolute atomic E-state index is 0.205. The second-order valence-electron chi connectivity index (χ2n) is 7.38. The highest BCUT2D eigenvalue weighted by Crippen LogP contribution is 2.31. The van der Waals surface area contributed by atoms with Crippen LogP contribution in [-0.4, -0.2) is 16.9 Å². The Bertz CT molecular complexity index is 1280. The van der Waals surface area contributed by atoms with E-state index in [4.69, 9.17) is 0 Å². The molecule has 0 saturated heterocycles. The molecule has 0 bridgehead atoms. The number of carbonyl (C=O) groups excluding carboxylic acids is 2. The molecule has 7 heteroatoms. The summed E-state index contributed by atoms with van der Waals surface area (Å²) in [5.41, 5.74) is 5.86. The van der Waals surface area contributed by atoms with Crippen molar-refractivity contribution >= 4 is 50.0 Å². The van der Waals surface area contributed by atoms with E-state index >= 15 is 0 Å². The Morgan fingerprint density at radius 1 is 0.839 bits per heavy atom. The van der Waals surface area contributed by atoms with E-state index in [9.17, 15) is 9.59 Å². The van der Waals surface area contributed by atoms with E-state index in [2.05, 4.69) is 20.9 Å². The van der Waals surface area contributed by atoms with Crippen molar-refractivity contribution in [2.45, 2.75) is 20.8 Å². The number of rotatable bonds is 4. The first kappa shape index (κ1) is 20.6. The Kier molecular flexibility index (Phi) is 5.68. The average Bonchev–Trinajstić information content (AvgIpc) is 3.13. The number of hydrogen-bond acceptors (Lipinski definition) is 4. The number of aromatic nitrogens is 1. The molecular weight excluding hydrogens is 408 g/mol. The van der Waals surface area contributed by atoms with E-state index in [0.29, 0.717) is 16.4 Å². The molecule has 31 heavy (non-hydrogen) atoms. The highest BCUT2D eigenvalue weighted by atomic mass is 32.1. The fourth-order valence-electron chi connectivity index (χ4n) is 3.32. The molecule has 0 unspecified atom stereocenters. The van der Waals surface area contributed by atoms with Gasteiger partial charge in [0.15, 0.2) is 5.13 Å². The average molecular weight is 431 g/mol. The number of thiazole rings is 1. The van der Waals surface area contributed by atoms with Gasteiger partial charge in [0.25, 0.3) is 5.91 Å². The number of aryl methyl sites for hydroxylation is 3. The summed E-state index contributed by atoms with van der Waals surface area (Å²) in [7, 11) is 0. The predicted octanol–water partition coefficient (Wildman–Crippen LogP) is 6.12. The van der Waals surface area contributed by atoms with Crippen molar-refractivity contribution in [3.05, 3.63) is 82.9 Å². The lowest BCUT2D eigenvalue weighted by Gasteiger charge is -2.11. The second kappa shape index (κ2) is 8.57.